The van der Waals surface area contributed by atoms with Crippen molar-refractivity contribution in [3.8, 4) is 0 Å². The van der Waals surface area contributed by atoms with Crippen molar-refractivity contribution in [1.29, 1.82) is 0 Å². The predicted molar refractivity (Wildman–Crippen MR) is 55.0 cm³/mol. The second kappa shape index (κ2) is 4.09. The van der Waals surface area contributed by atoms with Gasteiger partial charge in [-0.25, -0.2) is 0 Å². The van der Waals surface area contributed by atoms with Crippen LogP contribution in [0.15, 0.2) is 4.99 Å². The molecular formula is C10H20N2O. The van der Waals surface area contributed by atoms with Crippen molar-refractivity contribution in [2.24, 2.45) is 10.7 Å². The van der Waals surface area contributed by atoms with Crippen LogP contribution in [0.25, 0.3) is 0 Å². The summed E-state index contributed by atoms with van der Waals surface area (Å²) in [5, 5.41) is 0. The van der Waals surface area contributed by atoms with Crippen LogP contribution in [0.5, 0.6) is 0 Å². The Labute approximate surface area is 80.4 Å². The first-order valence-corrected chi connectivity index (χ1v) is 4.93. The number of ether oxygens (including phenoxy) is 1. The van der Waals surface area contributed by atoms with Crippen molar-refractivity contribution in [2.45, 2.75) is 51.7 Å². The molecule has 1 saturated heterocycles. The van der Waals surface area contributed by atoms with E-state index in [0.717, 1.165) is 31.7 Å². The average Bonchev–Trinajstić information content (AvgIpc) is 2.34. The normalized spacial score (nSPS) is 25.2. The number of nitrogens with two attached hydrogens (primary N) is 1. The Kier molecular flexibility index (Phi) is 3.31. The maximum atomic E-state index is 5.81. The summed E-state index contributed by atoms with van der Waals surface area (Å²) >= 11 is 0. The van der Waals surface area contributed by atoms with E-state index in [4.69, 9.17) is 10.5 Å². The second-order valence-corrected chi connectivity index (χ2v) is 4.61. The number of amidine groups is 1. The summed E-state index contributed by atoms with van der Waals surface area (Å²) in [6.07, 6.45) is 3.39. The quantitative estimate of drug-likeness (QED) is 0.524. The molecule has 0 spiro atoms. The molecule has 0 amide bonds. The third-order valence-electron chi connectivity index (χ3n) is 1.94. The van der Waals surface area contributed by atoms with Crippen LogP contribution in [-0.4, -0.2) is 24.1 Å². The summed E-state index contributed by atoms with van der Waals surface area (Å²) < 4.78 is 5.48. The van der Waals surface area contributed by atoms with Crippen molar-refractivity contribution in [2.75, 3.05) is 6.61 Å². The monoisotopic (exact) mass is 184 g/mol. The number of nitrogens with zero attached hydrogens (tertiary/aromatic N) is 1. The van der Waals surface area contributed by atoms with Gasteiger partial charge in [0.05, 0.1) is 17.5 Å². The molecule has 3 heteroatoms. The lowest BCUT2D eigenvalue weighted by molar-refractivity contribution is 0.116. The Balaban J connectivity index is 2.39. The first-order chi connectivity index (χ1) is 5.97. The van der Waals surface area contributed by atoms with E-state index in [9.17, 15) is 0 Å². The van der Waals surface area contributed by atoms with Crippen molar-refractivity contribution >= 4 is 5.84 Å². The van der Waals surface area contributed by atoms with Gasteiger partial charge in [0, 0.05) is 13.0 Å². The van der Waals surface area contributed by atoms with Crippen LogP contribution < -0.4 is 5.73 Å². The number of hydrogen-bond acceptors (Lipinski definition) is 2. The lowest BCUT2D eigenvalue weighted by Gasteiger charge is -2.15. The van der Waals surface area contributed by atoms with Crippen LogP contribution in [0.4, 0.5) is 0 Å². The van der Waals surface area contributed by atoms with Crippen LogP contribution in [0.3, 0.4) is 0 Å². The van der Waals surface area contributed by atoms with Gasteiger partial charge in [0.1, 0.15) is 0 Å². The minimum Gasteiger partial charge on any atom is -0.387 e. The zero-order valence-corrected chi connectivity index (χ0v) is 8.84. The first kappa shape index (κ1) is 10.5. The zero-order valence-electron chi connectivity index (χ0n) is 8.84. The van der Waals surface area contributed by atoms with Crippen LogP contribution in [0.1, 0.15) is 40.0 Å². The second-order valence-electron chi connectivity index (χ2n) is 4.61. The van der Waals surface area contributed by atoms with Crippen molar-refractivity contribution < 1.29 is 4.74 Å². The van der Waals surface area contributed by atoms with E-state index in [1.165, 1.54) is 0 Å². The van der Waals surface area contributed by atoms with Gasteiger partial charge in [-0.15, -0.1) is 0 Å². The minimum atomic E-state index is -0.0668. The molecule has 0 bridgehead atoms. The van der Waals surface area contributed by atoms with Gasteiger partial charge in [-0.3, -0.25) is 4.99 Å². The van der Waals surface area contributed by atoms with Gasteiger partial charge in [-0.2, -0.15) is 0 Å². The first-order valence-electron chi connectivity index (χ1n) is 4.93. The fourth-order valence-corrected chi connectivity index (χ4v) is 1.52. The molecule has 0 aromatic carbocycles. The van der Waals surface area contributed by atoms with E-state index in [1.54, 1.807) is 0 Å². The molecule has 0 saturated carbocycles. The van der Waals surface area contributed by atoms with Gasteiger partial charge in [0.25, 0.3) is 0 Å². The molecule has 1 aliphatic heterocycles. The number of rotatable bonds is 2. The fourth-order valence-electron chi connectivity index (χ4n) is 1.52. The molecule has 1 heterocycles. The Morgan fingerprint density at radius 2 is 2.23 bits per heavy atom. The Hall–Kier alpha value is -0.570. The largest absolute Gasteiger partial charge is 0.387 e. The van der Waals surface area contributed by atoms with Gasteiger partial charge in [-0.05, 0) is 33.6 Å². The summed E-state index contributed by atoms with van der Waals surface area (Å²) in [5.74, 6) is 0.722. The van der Waals surface area contributed by atoms with Gasteiger partial charge >= 0.3 is 0 Å². The van der Waals surface area contributed by atoms with E-state index in [-0.39, 0.29) is 5.54 Å². The molecule has 0 aliphatic carbocycles. The molecule has 3 nitrogen and oxygen atoms in total. The van der Waals surface area contributed by atoms with Gasteiger partial charge < -0.3 is 10.5 Å². The molecule has 1 aliphatic rings. The van der Waals surface area contributed by atoms with E-state index < -0.39 is 0 Å². The maximum absolute atomic E-state index is 5.81. The average molecular weight is 184 g/mol. The van der Waals surface area contributed by atoms with E-state index >= 15 is 0 Å². The highest BCUT2D eigenvalue weighted by molar-refractivity contribution is 5.81. The summed E-state index contributed by atoms with van der Waals surface area (Å²) in [6, 6.07) is 0. The molecule has 13 heavy (non-hydrogen) atoms. The molecule has 1 rings (SSSR count). The molecule has 0 aromatic heterocycles. The molecule has 1 fully saturated rings. The number of aliphatic imine (C=N–C) groups is 1. The number of hydrogen-bond donors (Lipinski definition) is 1. The topological polar surface area (TPSA) is 47.6 Å². The van der Waals surface area contributed by atoms with E-state index in [1.807, 2.05) is 0 Å². The van der Waals surface area contributed by atoms with Gasteiger partial charge in [-0.1, -0.05) is 0 Å². The predicted octanol–water partition coefficient (Wildman–Crippen LogP) is 1.71. The van der Waals surface area contributed by atoms with Gasteiger partial charge in [0.15, 0.2) is 0 Å². The fraction of sp³-hybridized carbons (Fsp3) is 0.900. The SMILES string of the molecule is CC(C)(C)N=C(N)CC1CCCO1. The minimum absolute atomic E-state index is 0.0668. The molecule has 0 aromatic rings. The third-order valence-corrected chi connectivity index (χ3v) is 1.94. The smallest absolute Gasteiger partial charge is 0.0969 e. The highest BCUT2D eigenvalue weighted by Gasteiger charge is 2.17. The maximum Gasteiger partial charge on any atom is 0.0969 e. The third kappa shape index (κ3) is 4.27. The Bertz CT molecular complexity index is 188. The van der Waals surface area contributed by atoms with Crippen LogP contribution in [-0.2, 0) is 4.74 Å². The van der Waals surface area contributed by atoms with Crippen LogP contribution in [0.2, 0.25) is 0 Å². The van der Waals surface area contributed by atoms with Crippen molar-refractivity contribution in [1.82, 2.24) is 0 Å². The van der Waals surface area contributed by atoms with E-state index in [0.29, 0.717) is 6.10 Å². The van der Waals surface area contributed by atoms with Crippen LogP contribution >= 0.6 is 0 Å². The highest BCUT2D eigenvalue weighted by atomic mass is 16.5. The molecule has 0 radical (unpaired) electrons. The Morgan fingerprint density at radius 1 is 1.54 bits per heavy atom. The summed E-state index contributed by atoms with van der Waals surface area (Å²) in [5.41, 5.74) is 5.74. The molecular weight excluding hydrogens is 164 g/mol. The standard InChI is InChI=1S/C10H20N2O/c1-10(2,3)12-9(11)7-8-5-4-6-13-8/h8H,4-7H2,1-3H3,(H2,11,12). The highest BCUT2D eigenvalue weighted by Crippen LogP contribution is 2.16. The lowest BCUT2D eigenvalue weighted by Crippen LogP contribution is -2.24. The zero-order chi connectivity index (χ0) is 9.90. The summed E-state index contributed by atoms with van der Waals surface area (Å²) in [6.45, 7) is 7.04. The summed E-state index contributed by atoms with van der Waals surface area (Å²) in [4.78, 5) is 4.39. The Morgan fingerprint density at radius 3 is 2.69 bits per heavy atom. The van der Waals surface area contributed by atoms with Crippen molar-refractivity contribution in [3.05, 3.63) is 0 Å². The molecule has 1 unspecified atom stereocenters. The lowest BCUT2D eigenvalue weighted by atomic mass is 10.1. The molecule has 1 atom stereocenters. The van der Waals surface area contributed by atoms with Crippen molar-refractivity contribution in [3.63, 3.8) is 0 Å². The van der Waals surface area contributed by atoms with E-state index in [2.05, 4.69) is 25.8 Å². The molecule has 76 valence electrons. The molecule has 2 N–H and O–H groups in total. The summed E-state index contributed by atoms with van der Waals surface area (Å²) in [7, 11) is 0. The van der Waals surface area contributed by atoms with Crippen LogP contribution in [0, 0.1) is 0 Å². The van der Waals surface area contributed by atoms with Gasteiger partial charge in [0.2, 0.25) is 0 Å².